The fourth-order valence-corrected chi connectivity index (χ4v) is 4.34. The molecule has 0 atom stereocenters. The molecule has 138 valence electrons. The highest BCUT2D eigenvalue weighted by Crippen LogP contribution is 2.36. The summed E-state index contributed by atoms with van der Waals surface area (Å²) in [5.41, 5.74) is 0. The zero-order valence-corrected chi connectivity index (χ0v) is 14.9. The highest BCUT2D eigenvalue weighted by molar-refractivity contribution is 7.98. The Balaban J connectivity index is 1.62. The van der Waals surface area contributed by atoms with Crippen molar-refractivity contribution in [1.29, 1.82) is 0 Å². The second-order valence-electron chi connectivity index (χ2n) is 6.26. The number of alkyl halides is 2. The number of imidazole rings is 1. The fraction of sp³-hybridized carbons (Fsp3) is 0.471. The first-order valence-electron chi connectivity index (χ1n) is 8.65. The van der Waals surface area contributed by atoms with Gasteiger partial charge in [-0.1, -0.05) is 31.0 Å². The van der Waals surface area contributed by atoms with E-state index in [1.54, 1.807) is 6.26 Å². The van der Waals surface area contributed by atoms with Crippen molar-refractivity contribution < 1.29 is 13.2 Å². The maximum absolute atomic E-state index is 13.0. The third-order valence-corrected chi connectivity index (χ3v) is 5.57. The predicted molar refractivity (Wildman–Crippen MR) is 92.9 cm³/mol. The van der Waals surface area contributed by atoms with Gasteiger partial charge in [0.1, 0.15) is 5.82 Å². The monoisotopic (exact) mass is 379 g/mol. The largest absolute Gasteiger partial charge is 0.461 e. The first-order valence-corrected chi connectivity index (χ1v) is 9.64. The lowest BCUT2D eigenvalue weighted by Gasteiger charge is -2.25. The third kappa shape index (κ3) is 3.40. The molecule has 6 nitrogen and oxygen atoms in total. The predicted octanol–water partition coefficient (Wildman–Crippen LogP) is 4.93. The average Bonchev–Trinajstić information content (AvgIpc) is 3.39. The minimum Gasteiger partial charge on any atom is -0.461 e. The molecule has 0 amide bonds. The Labute approximate surface area is 153 Å². The van der Waals surface area contributed by atoms with Crippen molar-refractivity contribution in [1.82, 2.24) is 24.3 Å². The van der Waals surface area contributed by atoms with E-state index in [1.165, 1.54) is 43.4 Å². The van der Waals surface area contributed by atoms with Gasteiger partial charge in [0.2, 0.25) is 5.82 Å². The van der Waals surface area contributed by atoms with Crippen LogP contribution in [-0.2, 0) is 5.75 Å². The van der Waals surface area contributed by atoms with Crippen LogP contribution in [0, 0.1) is 0 Å². The van der Waals surface area contributed by atoms with Crippen molar-refractivity contribution in [2.75, 3.05) is 0 Å². The molecule has 0 saturated heterocycles. The second kappa shape index (κ2) is 7.61. The van der Waals surface area contributed by atoms with Gasteiger partial charge >= 0.3 is 6.55 Å². The Morgan fingerprint density at radius 1 is 1.23 bits per heavy atom. The van der Waals surface area contributed by atoms with E-state index in [0.717, 1.165) is 17.4 Å². The van der Waals surface area contributed by atoms with Crippen LogP contribution in [0.2, 0.25) is 0 Å². The fourth-order valence-electron chi connectivity index (χ4n) is 3.38. The molecule has 1 fully saturated rings. The molecule has 9 heteroatoms. The summed E-state index contributed by atoms with van der Waals surface area (Å²) in [5, 5.41) is 9.34. The van der Waals surface area contributed by atoms with Gasteiger partial charge in [-0.2, -0.15) is 8.78 Å². The Kier molecular flexibility index (Phi) is 5.05. The van der Waals surface area contributed by atoms with Crippen molar-refractivity contribution in [3.05, 3.63) is 36.6 Å². The molecule has 0 aliphatic heterocycles. The molecule has 0 spiro atoms. The SMILES string of the molecule is FC(F)n1ccnc1CSc1nnc(-c2ccco2)n1C1CCCCC1. The molecule has 3 heterocycles. The molecule has 1 aliphatic rings. The van der Waals surface area contributed by atoms with Crippen molar-refractivity contribution in [2.24, 2.45) is 0 Å². The molecular weight excluding hydrogens is 360 g/mol. The summed E-state index contributed by atoms with van der Waals surface area (Å²) < 4.78 is 34.5. The second-order valence-corrected chi connectivity index (χ2v) is 7.20. The summed E-state index contributed by atoms with van der Waals surface area (Å²) in [7, 11) is 0. The van der Waals surface area contributed by atoms with Gasteiger partial charge in [-0.3, -0.25) is 9.13 Å². The van der Waals surface area contributed by atoms with Gasteiger partial charge in [0.15, 0.2) is 10.9 Å². The van der Waals surface area contributed by atoms with E-state index in [2.05, 4.69) is 19.7 Å². The Morgan fingerprint density at radius 3 is 2.81 bits per heavy atom. The Bertz CT molecular complexity index is 839. The summed E-state index contributed by atoms with van der Waals surface area (Å²) in [4.78, 5) is 4.04. The van der Waals surface area contributed by atoms with Gasteiger partial charge in [0.25, 0.3) is 0 Å². The Hall–Kier alpha value is -2.16. The van der Waals surface area contributed by atoms with Crippen LogP contribution in [0.5, 0.6) is 0 Å². The molecule has 3 aromatic heterocycles. The smallest absolute Gasteiger partial charge is 0.319 e. The van der Waals surface area contributed by atoms with E-state index >= 15 is 0 Å². The quantitative estimate of drug-likeness (QED) is 0.569. The van der Waals surface area contributed by atoms with Gasteiger partial charge in [-0.05, 0) is 25.0 Å². The summed E-state index contributed by atoms with van der Waals surface area (Å²) in [6.45, 7) is -2.59. The van der Waals surface area contributed by atoms with Crippen molar-refractivity contribution in [3.63, 3.8) is 0 Å². The van der Waals surface area contributed by atoms with Crippen LogP contribution < -0.4 is 0 Å². The first-order chi connectivity index (χ1) is 12.7. The number of furan rings is 1. The number of halogens is 2. The number of nitrogens with zero attached hydrogens (tertiary/aromatic N) is 5. The van der Waals surface area contributed by atoms with E-state index in [0.29, 0.717) is 34.4 Å². The minimum absolute atomic E-state index is 0.302. The van der Waals surface area contributed by atoms with Gasteiger partial charge < -0.3 is 4.42 Å². The molecule has 0 radical (unpaired) electrons. The van der Waals surface area contributed by atoms with Gasteiger partial charge in [0, 0.05) is 18.4 Å². The normalized spacial score (nSPS) is 15.8. The van der Waals surface area contributed by atoms with Gasteiger partial charge in [0.05, 0.1) is 12.0 Å². The molecule has 0 N–H and O–H groups in total. The topological polar surface area (TPSA) is 61.7 Å². The lowest BCUT2D eigenvalue weighted by Crippen LogP contribution is -2.15. The maximum Gasteiger partial charge on any atom is 0.319 e. The van der Waals surface area contributed by atoms with Crippen LogP contribution >= 0.6 is 11.8 Å². The Morgan fingerprint density at radius 2 is 2.08 bits per heavy atom. The summed E-state index contributed by atoms with van der Waals surface area (Å²) in [6.07, 6.45) is 9.99. The lowest BCUT2D eigenvalue weighted by atomic mass is 9.95. The van der Waals surface area contributed by atoms with Crippen molar-refractivity contribution in [2.45, 2.75) is 55.6 Å². The number of hydrogen-bond donors (Lipinski definition) is 0. The highest BCUT2D eigenvalue weighted by Gasteiger charge is 2.25. The number of thioether (sulfide) groups is 1. The van der Waals surface area contributed by atoms with Crippen molar-refractivity contribution in [3.8, 4) is 11.6 Å². The standard InChI is InChI=1S/C17H19F2N5OS/c18-16(19)23-9-8-20-14(23)11-26-17-22-21-15(13-7-4-10-25-13)24(17)12-5-2-1-3-6-12/h4,7-10,12,16H,1-3,5-6,11H2. The van der Waals surface area contributed by atoms with Crippen LogP contribution in [0.4, 0.5) is 8.78 Å². The maximum atomic E-state index is 13.0. The molecule has 0 unspecified atom stereocenters. The molecule has 0 aromatic carbocycles. The highest BCUT2D eigenvalue weighted by atomic mass is 32.2. The summed E-state index contributed by atoms with van der Waals surface area (Å²) in [5.74, 6) is 1.99. The zero-order valence-electron chi connectivity index (χ0n) is 14.1. The first kappa shape index (κ1) is 17.3. The number of rotatable bonds is 6. The molecule has 4 rings (SSSR count). The number of hydrogen-bond acceptors (Lipinski definition) is 5. The molecular formula is C17H19F2N5OS. The molecule has 3 aromatic rings. The van der Waals surface area contributed by atoms with Gasteiger partial charge in [-0.25, -0.2) is 4.98 Å². The molecule has 0 bridgehead atoms. The average molecular weight is 379 g/mol. The number of aromatic nitrogens is 5. The molecule has 1 aliphatic carbocycles. The van der Waals surface area contributed by atoms with E-state index in [-0.39, 0.29) is 0 Å². The third-order valence-electron chi connectivity index (χ3n) is 4.64. The van der Waals surface area contributed by atoms with Gasteiger partial charge in [-0.15, -0.1) is 10.2 Å². The zero-order chi connectivity index (χ0) is 17.9. The van der Waals surface area contributed by atoms with E-state index in [1.807, 2.05) is 12.1 Å². The van der Waals surface area contributed by atoms with E-state index < -0.39 is 6.55 Å². The van der Waals surface area contributed by atoms with Crippen molar-refractivity contribution >= 4 is 11.8 Å². The molecule has 26 heavy (non-hydrogen) atoms. The van der Waals surface area contributed by atoms with Crippen LogP contribution in [0.25, 0.3) is 11.6 Å². The lowest BCUT2D eigenvalue weighted by molar-refractivity contribution is 0.0678. The van der Waals surface area contributed by atoms with E-state index in [9.17, 15) is 8.78 Å². The summed E-state index contributed by atoms with van der Waals surface area (Å²) >= 11 is 1.38. The van der Waals surface area contributed by atoms with E-state index in [4.69, 9.17) is 4.42 Å². The van der Waals surface area contributed by atoms with Crippen LogP contribution in [-0.4, -0.2) is 24.3 Å². The van der Waals surface area contributed by atoms with Crippen LogP contribution in [0.3, 0.4) is 0 Å². The van der Waals surface area contributed by atoms with Crippen LogP contribution in [0.15, 0.2) is 40.4 Å². The minimum atomic E-state index is -2.59. The van der Waals surface area contributed by atoms with Crippen LogP contribution in [0.1, 0.15) is 50.5 Å². The summed E-state index contributed by atoms with van der Waals surface area (Å²) in [6, 6.07) is 3.99. The molecule has 1 saturated carbocycles.